The summed E-state index contributed by atoms with van der Waals surface area (Å²) in [4.78, 5) is 25.0. The molecule has 2 amide bonds. The lowest BCUT2D eigenvalue weighted by molar-refractivity contribution is -0.128. The van der Waals surface area contributed by atoms with E-state index in [-0.39, 0.29) is 23.8 Å². The second-order valence-electron chi connectivity index (χ2n) is 5.26. The maximum Gasteiger partial charge on any atom is 0.236 e. The molecule has 0 saturated carbocycles. The Hall–Kier alpha value is -1.84. The van der Waals surface area contributed by atoms with Gasteiger partial charge in [0.1, 0.15) is 6.42 Å². The first-order valence-corrected chi connectivity index (χ1v) is 5.92. The molecule has 0 aliphatic rings. The lowest BCUT2D eigenvalue weighted by atomic mass is 10.1. The van der Waals surface area contributed by atoms with E-state index in [1.807, 2.05) is 51.1 Å². The van der Waals surface area contributed by atoms with Crippen molar-refractivity contribution in [3.05, 3.63) is 30.3 Å². The van der Waals surface area contributed by atoms with Crippen LogP contribution in [0.25, 0.3) is 0 Å². The van der Waals surface area contributed by atoms with Crippen molar-refractivity contribution in [1.82, 2.24) is 5.32 Å². The zero-order valence-electron chi connectivity index (χ0n) is 11.4. The van der Waals surface area contributed by atoms with E-state index in [9.17, 15) is 9.59 Å². The lowest BCUT2D eigenvalue weighted by Gasteiger charge is -2.22. The average Bonchev–Trinajstić information content (AvgIpc) is 2.26. The molecule has 4 heteroatoms. The van der Waals surface area contributed by atoms with Gasteiger partial charge in [0.2, 0.25) is 11.8 Å². The molecule has 1 aromatic carbocycles. The Labute approximate surface area is 108 Å². The number of hydrogen-bond acceptors (Lipinski definition) is 2. The maximum absolute atomic E-state index is 11.9. The van der Waals surface area contributed by atoms with Gasteiger partial charge in [-0.2, -0.15) is 0 Å². The Balaban J connectivity index is 2.59. The van der Waals surface area contributed by atoms with Crippen LogP contribution in [0.1, 0.15) is 27.2 Å². The summed E-state index contributed by atoms with van der Waals surface area (Å²) >= 11 is 0. The van der Waals surface area contributed by atoms with Crippen LogP contribution in [-0.4, -0.2) is 24.4 Å². The van der Waals surface area contributed by atoms with Gasteiger partial charge >= 0.3 is 0 Å². The molecule has 0 aromatic heterocycles. The second kappa shape index (κ2) is 5.67. The SMILES string of the molecule is CN(C(=O)CC(=O)NC(C)(C)C)c1ccccc1. The maximum atomic E-state index is 11.9. The molecule has 0 spiro atoms. The molecule has 98 valence electrons. The zero-order chi connectivity index (χ0) is 13.8. The number of anilines is 1. The number of amides is 2. The zero-order valence-corrected chi connectivity index (χ0v) is 11.4. The summed E-state index contributed by atoms with van der Waals surface area (Å²) in [5.74, 6) is -0.474. The van der Waals surface area contributed by atoms with E-state index in [1.54, 1.807) is 7.05 Å². The van der Waals surface area contributed by atoms with Crippen molar-refractivity contribution in [1.29, 1.82) is 0 Å². The Morgan fingerprint density at radius 3 is 2.22 bits per heavy atom. The fraction of sp³-hybridized carbons (Fsp3) is 0.429. The largest absolute Gasteiger partial charge is 0.351 e. The lowest BCUT2D eigenvalue weighted by Crippen LogP contribution is -2.43. The van der Waals surface area contributed by atoms with Crippen LogP contribution in [-0.2, 0) is 9.59 Å². The molecule has 0 heterocycles. The van der Waals surface area contributed by atoms with Crippen LogP contribution in [0.5, 0.6) is 0 Å². The van der Waals surface area contributed by atoms with E-state index in [0.29, 0.717) is 0 Å². The quantitative estimate of drug-likeness (QED) is 0.831. The first kappa shape index (κ1) is 14.2. The number of hydrogen-bond donors (Lipinski definition) is 1. The fourth-order valence-electron chi connectivity index (χ4n) is 1.51. The van der Waals surface area contributed by atoms with Gasteiger partial charge in [-0.3, -0.25) is 9.59 Å². The number of para-hydroxylation sites is 1. The molecular weight excluding hydrogens is 228 g/mol. The minimum absolute atomic E-state index is 0.136. The highest BCUT2D eigenvalue weighted by Crippen LogP contribution is 2.12. The van der Waals surface area contributed by atoms with E-state index in [0.717, 1.165) is 5.69 Å². The molecule has 0 unspecified atom stereocenters. The Kier molecular flexibility index (Phi) is 4.48. The molecule has 1 N–H and O–H groups in total. The number of nitrogens with one attached hydrogen (secondary N) is 1. The molecule has 18 heavy (non-hydrogen) atoms. The number of carbonyl (C=O) groups excluding carboxylic acids is 2. The molecule has 1 rings (SSSR count). The monoisotopic (exact) mass is 248 g/mol. The van der Waals surface area contributed by atoms with E-state index in [4.69, 9.17) is 0 Å². The topological polar surface area (TPSA) is 49.4 Å². The molecule has 4 nitrogen and oxygen atoms in total. The van der Waals surface area contributed by atoms with E-state index < -0.39 is 0 Å². The summed E-state index contributed by atoms with van der Waals surface area (Å²) < 4.78 is 0. The summed E-state index contributed by atoms with van der Waals surface area (Å²) in [5, 5.41) is 2.77. The third-order valence-corrected chi connectivity index (χ3v) is 2.34. The van der Waals surface area contributed by atoms with E-state index >= 15 is 0 Å². The van der Waals surface area contributed by atoms with Gasteiger partial charge in [0.15, 0.2) is 0 Å². The minimum Gasteiger partial charge on any atom is -0.351 e. The normalized spacial score (nSPS) is 10.9. The van der Waals surface area contributed by atoms with Crippen molar-refractivity contribution in [2.45, 2.75) is 32.7 Å². The number of nitrogens with zero attached hydrogens (tertiary/aromatic N) is 1. The van der Waals surface area contributed by atoms with Crippen LogP contribution in [0.4, 0.5) is 5.69 Å². The van der Waals surface area contributed by atoms with E-state index in [1.165, 1.54) is 4.90 Å². The smallest absolute Gasteiger partial charge is 0.236 e. The highest BCUT2D eigenvalue weighted by atomic mass is 16.2. The number of carbonyl (C=O) groups is 2. The summed E-state index contributed by atoms with van der Waals surface area (Å²) in [5.41, 5.74) is 0.467. The molecule has 0 saturated heterocycles. The highest BCUT2D eigenvalue weighted by molar-refractivity contribution is 6.04. The van der Waals surface area contributed by atoms with Crippen molar-refractivity contribution >= 4 is 17.5 Å². The van der Waals surface area contributed by atoms with Crippen LogP contribution >= 0.6 is 0 Å². The van der Waals surface area contributed by atoms with Gasteiger partial charge in [0.25, 0.3) is 0 Å². The Morgan fingerprint density at radius 1 is 1.17 bits per heavy atom. The predicted molar refractivity (Wildman–Crippen MR) is 72.4 cm³/mol. The fourth-order valence-corrected chi connectivity index (χ4v) is 1.51. The third-order valence-electron chi connectivity index (χ3n) is 2.34. The van der Waals surface area contributed by atoms with Gasteiger partial charge in [-0.15, -0.1) is 0 Å². The third kappa shape index (κ3) is 4.57. The van der Waals surface area contributed by atoms with Crippen molar-refractivity contribution in [2.75, 3.05) is 11.9 Å². The predicted octanol–water partition coefficient (Wildman–Crippen LogP) is 1.95. The molecule has 0 bridgehead atoms. The highest BCUT2D eigenvalue weighted by Gasteiger charge is 2.19. The van der Waals surface area contributed by atoms with Gasteiger partial charge in [0.05, 0.1) is 0 Å². The van der Waals surface area contributed by atoms with Crippen LogP contribution in [0, 0.1) is 0 Å². The van der Waals surface area contributed by atoms with Gasteiger partial charge < -0.3 is 10.2 Å². The molecule has 0 fully saturated rings. The van der Waals surface area contributed by atoms with Gasteiger partial charge in [-0.1, -0.05) is 18.2 Å². The molecule has 0 aliphatic carbocycles. The van der Waals surface area contributed by atoms with Crippen molar-refractivity contribution < 1.29 is 9.59 Å². The Bertz CT molecular complexity index is 421. The van der Waals surface area contributed by atoms with Crippen LogP contribution < -0.4 is 10.2 Å². The van der Waals surface area contributed by atoms with E-state index in [2.05, 4.69) is 5.32 Å². The number of rotatable bonds is 3. The first-order chi connectivity index (χ1) is 8.29. The average molecular weight is 248 g/mol. The standard InChI is InChI=1S/C14H20N2O2/c1-14(2,3)15-12(17)10-13(18)16(4)11-8-6-5-7-9-11/h5-9H,10H2,1-4H3,(H,15,17). The van der Waals surface area contributed by atoms with Gasteiger partial charge in [0, 0.05) is 18.3 Å². The van der Waals surface area contributed by atoms with Crippen molar-refractivity contribution in [3.63, 3.8) is 0 Å². The summed E-state index contributed by atoms with van der Waals surface area (Å²) in [6.45, 7) is 5.66. The Morgan fingerprint density at radius 2 is 1.72 bits per heavy atom. The van der Waals surface area contributed by atoms with Crippen molar-refractivity contribution in [3.8, 4) is 0 Å². The van der Waals surface area contributed by atoms with Crippen LogP contribution in [0.2, 0.25) is 0 Å². The minimum atomic E-state index is -0.317. The number of benzene rings is 1. The summed E-state index contributed by atoms with van der Waals surface area (Å²) in [6, 6.07) is 9.26. The summed E-state index contributed by atoms with van der Waals surface area (Å²) in [7, 11) is 1.67. The van der Waals surface area contributed by atoms with Crippen LogP contribution in [0.15, 0.2) is 30.3 Å². The molecular formula is C14H20N2O2. The molecule has 0 radical (unpaired) electrons. The van der Waals surface area contributed by atoms with Gasteiger partial charge in [-0.25, -0.2) is 0 Å². The van der Waals surface area contributed by atoms with Gasteiger partial charge in [-0.05, 0) is 32.9 Å². The second-order valence-corrected chi connectivity index (χ2v) is 5.26. The van der Waals surface area contributed by atoms with Crippen LogP contribution in [0.3, 0.4) is 0 Å². The molecule has 1 aromatic rings. The molecule has 0 aliphatic heterocycles. The van der Waals surface area contributed by atoms with Crippen molar-refractivity contribution in [2.24, 2.45) is 0 Å². The molecule has 0 atom stereocenters. The first-order valence-electron chi connectivity index (χ1n) is 5.92. The summed E-state index contributed by atoms with van der Waals surface area (Å²) in [6.07, 6.45) is -0.136.